The molecule has 0 aromatic rings. The van der Waals surface area contributed by atoms with E-state index in [0.717, 1.165) is 12.8 Å². The number of carbonyl (C=O) groups excluding carboxylic acids is 3. The summed E-state index contributed by atoms with van der Waals surface area (Å²) >= 11 is 0. The largest absolute Gasteiger partial charge is 0.480 e. The number of ether oxygens (including phenoxy) is 1. The Kier molecular flexibility index (Phi) is 4.97. The molecule has 4 rings (SSSR count). The van der Waals surface area contributed by atoms with E-state index in [9.17, 15) is 24.3 Å². The number of carboxylic acids is 1. The fraction of sp³-hybridized carbons (Fsp3) is 0.778. The number of carboxylic acid groups (broad SMARTS) is 1. The molecule has 33 heavy (non-hydrogen) atoms. The molecule has 182 valence electrons. The van der Waals surface area contributed by atoms with Gasteiger partial charge in [0.25, 0.3) is 0 Å². The summed E-state index contributed by atoms with van der Waals surface area (Å²) in [4.78, 5) is 52.2. The Hall–Kier alpha value is -1.98. The van der Waals surface area contributed by atoms with Gasteiger partial charge in [-0.2, -0.15) is 0 Å². The number of fused-ring (bicyclic) bond motifs is 5. The third-order valence-corrected chi connectivity index (χ3v) is 10.9. The zero-order valence-corrected chi connectivity index (χ0v) is 21.2. The summed E-state index contributed by atoms with van der Waals surface area (Å²) in [6.07, 6.45) is 4.67. The van der Waals surface area contributed by atoms with Gasteiger partial charge in [-0.15, -0.1) is 0 Å². The molecule has 4 aliphatic rings. The van der Waals surface area contributed by atoms with Gasteiger partial charge in [0.15, 0.2) is 11.6 Å². The number of rotatable bonds is 2. The van der Waals surface area contributed by atoms with Gasteiger partial charge in [0.2, 0.25) is 0 Å². The summed E-state index contributed by atoms with van der Waals surface area (Å²) in [6.45, 7) is 15.0. The van der Waals surface area contributed by atoms with Gasteiger partial charge in [0, 0.05) is 12.3 Å². The lowest BCUT2D eigenvalue weighted by Crippen LogP contribution is -2.69. The molecule has 0 radical (unpaired) electrons. The van der Waals surface area contributed by atoms with E-state index in [4.69, 9.17) is 4.74 Å². The molecule has 0 saturated heterocycles. The Bertz CT molecular complexity index is 993. The Morgan fingerprint density at radius 2 is 1.64 bits per heavy atom. The first-order valence-electron chi connectivity index (χ1n) is 12.2. The molecule has 0 aromatic heterocycles. The molecule has 0 heterocycles. The molecule has 4 aliphatic carbocycles. The number of carbonyl (C=O) groups is 4. The van der Waals surface area contributed by atoms with E-state index >= 15 is 0 Å². The molecule has 6 nitrogen and oxygen atoms in total. The van der Waals surface area contributed by atoms with Crippen LogP contribution in [-0.2, 0) is 23.9 Å². The maximum atomic E-state index is 13.8. The van der Waals surface area contributed by atoms with E-state index in [1.165, 1.54) is 6.92 Å². The first-order valence-corrected chi connectivity index (χ1v) is 12.2. The van der Waals surface area contributed by atoms with Crippen molar-refractivity contribution in [3.8, 4) is 0 Å². The molecule has 3 fully saturated rings. The molecule has 1 unspecified atom stereocenters. The normalized spacial score (nSPS) is 48.3. The van der Waals surface area contributed by atoms with E-state index in [1.807, 2.05) is 13.8 Å². The minimum atomic E-state index is -1.77. The monoisotopic (exact) mass is 458 g/mol. The second-order valence-electron chi connectivity index (χ2n) is 12.4. The highest BCUT2D eigenvalue weighted by Gasteiger charge is 2.81. The molecule has 8 atom stereocenters. The van der Waals surface area contributed by atoms with Crippen molar-refractivity contribution < 1.29 is 29.0 Å². The van der Waals surface area contributed by atoms with Crippen molar-refractivity contribution in [2.75, 3.05) is 0 Å². The zero-order chi connectivity index (χ0) is 24.9. The third-order valence-electron chi connectivity index (χ3n) is 10.9. The van der Waals surface area contributed by atoms with Gasteiger partial charge >= 0.3 is 11.9 Å². The predicted molar refractivity (Wildman–Crippen MR) is 122 cm³/mol. The number of Topliss-reactive ketones (excluding diaryl/α,β-unsaturated/α-hetero) is 2. The summed E-state index contributed by atoms with van der Waals surface area (Å²) in [5.74, 6) is -3.06. The second-order valence-corrected chi connectivity index (χ2v) is 12.4. The van der Waals surface area contributed by atoms with Crippen molar-refractivity contribution in [2.45, 2.75) is 87.2 Å². The highest BCUT2D eigenvalue weighted by molar-refractivity contribution is 6.24. The zero-order valence-electron chi connectivity index (χ0n) is 21.2. The molecule has 1 N–H and O–H groups in total. The second kappa shape index (κ2) is 6.79. The van der Waals surface area contributed by atoms with Crippen LogP contribution in [0.1, 0.15) is 81.1 Å². The molecule has 0 spiro atoms. The van der Waals surface area contributed by atoms with Crippen LogP contribution in [0.15, 0.2) is 11.6 Å². The predicted octanol–water partition coefficient (Wildman–Crippen LogP) is 4.60. The van der Waals surface area contributed by atoms with Gasteiger partial charge in [0.1, 0.15) is 11.5 Å². The first-order chi connectivity index (χ1) is 15.0. The van der Waals surface area contributed by atoms with E-state index < -0.39 is 33.9 Å². The van der Waals surface area contributed by atoms with Gasteiger partial charge in [-0.05, 0) is 69.1 Å². The number of hydrogen-bond donors (Lipinski definition) is 1. The topological polar surface area (TPSA) is 97.7 Å². The van der Waals surface area contributed by atoms with E-state index in [0.29, 0.717) is 18.4 Å². The fourth-order valence-electron chi connectivity index (χ4n) is 9.30. The molecular weight excluding hydrogens is 420 g/mol. The lowest BCUT2D eigenvalue weighted by atomic mass is 9.34. The molecule has 6 heteroatoms. The van der Waals surface area contributed by atoms with Crippen LogP contribution >= 0.6 is 0 Å². The van der Waals surface area contributed by atoms with Crippen LogP contribution in [0.3, 0.4) is 0 Å². The van der Waals surface area contributed by atoms with Crippen molar-refractivity contribution >= 4 is 23.5 Å². The third kappa shape index (κ3) is 2.45. The number of aliphatic carboxylic acids is 1. The van der Waals surface area contributed by atoms with Crippen molar-refractivity contribution in [1.82, 2.24) is 0 Å². The van der Waals surface area contributed by atoms with Crippen LogP contribution in [0.2, 0.25) is 0 Å². The van der Waals surface area contributed by atoms with Gasteiger partial charge < -0.3 is 9.84 Å². The quantitative estimate of drug-likeness (QED) is 0.369. The molecule has 0 bridgehead atoms. The fourth-order valence-corrected chi connectivity index (χ4v) is 9.30. The molecular formula is C27H38O6. The standard InChI is InChI=1S/C27H38O6/c1-14-13-18-24(6)11-10-19(33-16(3)28)23(4,5)17(24)9-12-25(18,7)27(22(31)32)21(30)15(2)20(29)26(14,27)8/h13,15,17-19H,9-12H2,1-8H3,(H,31,32)/t15?,17-,18+,19+,24-,25+,26+,27-/m1/s1. The SMILES string of the molecule is CC(=O)O[C@H]1CC[C@]2(C)[C@H](CC[C@@]3(C)[C@H]2C=C(C)[C@@]2(C)C(=O)C(C)C(=O)[C@]23C(=O)O)C1(C)C. The van der Waals surface area contributed by atoms with E-state index in [-0.39, 0.29) is 40.5 Å². The van der Waals surface area contributed by atoms with Gasteiger partial charge in [-0.3, -0.25) is 19.2 Å². The van der Waals surface area contributed by atoms with Crippen LogP contribution in [0.25, 0.3) is 0 Å². The highest BCUT2D eigenvalue weighted by atomic mass is 16.5. The van der Waals surface area contributed by atoms with E-state index in [1.54, 1.807) is 13.8 Å². The van der Waals surface area contributed by atoms with Gasteiger partial charge in [-0.25, -0.2) is 0 Å². The molecule has 0 aromatic carbocycles. The molecule has 3 saturated carbocycles. The smallest absolute Gasteiger partial charge is 0.319 e. The van der Waals surface area contributed by atoms with Crippen molar-refractivity contribution in [3.63, 3.8) is 0 Å². The van der Waals surface area contributed by atoms with Crippen LogP contribution in [0.4, 0.5) is 0 Å². The van der Waals surface area contributed by atoms with Gasteiger partial charge in [0.05, 0.1) is 11.3 Å². The number of hydrogen-bond acceptors (Lipinski definition) is 5. The summed E-state index contributed by atoms with van der Waals surface area (Å²) in [5.41, 5.74) is -3.87. The minimum Gasteiger partial charge on any atom is -0.480 e. The summed E-state index contributed by atoms with van der Waals surface area (Å²) in [6, 6.07) is 0. The number of esters is 1. The molecule has 0 aliphatic heterocycles. The average molecular weight is 459 g/mol. The van der Waals surface area contributed by atoms with Crippen molar-refractivity contribution in [1.29, 1.82) is 0 Å². The minimum absolute atomic E-state index is 0.174. The Balaban J connectivity index is 1.93. The summed E-state index contributed by atoms with van der Waals surface area (Å²) in [7, 11) is 0. The molecule has 0 amide bonds. The number of allylic oxidation sites excluding steroid dienone is 2. The van der Waals surface area contributed by atoms with Crippen LogP contribution in [0.5, 0.6) is 0 Å². The lowest BCUT2D eigenvalue weighted by Gasteiger charge is -2.68. The highest BCUT2D eigenvalue weighted by Crippen LogP contribution is 2.76. The first kappa shape index (κ1) is 24.2. The van der Waals surface area contributed by atoms with Crippen molar-refractivity contribution in [3.05, 3.63) is 11.6 Å². The average Bonchev–Trinajstić information content (AvgIpc) is 2.86. The Morgan fingerprint density at radius 3 is 2.18 bits per heavy atom. The Labute approximate surface area is 196 Å². The van der Waals surface area contributed by atoms with Crippen molar-refractivity contribution in [2.24, 2.45) is 44.8 Å². The van der Waals surface area contributed by atoms with E-state index in [2.05, 4.69) is 26.8 Å². The van der Waals surface area contributed by atoms with Crippen LogP contribution < -0.4 is 0 Å². The Morgan fingerprint density at radius 1 is 1.03 bits per heavy atom. The van der Waals surface area contributed by atoms with Gasteiger partial charge in [-0.1, -0.05) is 39.3 Å². The maximum absolute atomic E-state index is 13.8. The van der Waals surface area contributed by atoms with Crippen LogP contribution in [-0.4, -0.2) is 34.7 Å². The van der Waals surface area contributed by atoms with Crippen LogP contribution in [0, 0.1) is 44.8 Å². The summed E-state index contributed by atoms with van der Waals surface area (Å²) in [5, 5.41) is 10.8. The summed E-state index contributed by atoms with van der Waals surface area (Å²) < 4.78 is 5.72. The maximum Gasteiger partial charge on any atom is 0.319 e. The lowest BCUT2D eigenvalue weighted by molar-refractivity contribution is -0.217. The number of ketones is 2.